The summed E-state index contributed by atoms with van der Waals surface area (Å²) in [5, 5.41) is 7.39. The van der Waals surface area contributed by atoms with Gasteiger partial charge in [-0.25, -0.2) is 5.84 Å². The normalized spacial score (nSPS) is 15.1. The van der Waals surface area contributed by atoms with Gasteiger partial charge in [-0.05, 0) is 76.9 Å². The number of nitrogens with zero attached hydrogens (tertiary/aromatic N) is 1. The molecular weight excluding hydrogens is 380 g/mol. The fourth-order valence-electron chi connectivity index (χ4n) is 4.09. The molecular formula is C23H28N4OS. The van der Waals surface area contributed by atoms with E-state index in [1.54, 1.807) is 5.56 Å². The minimum atomic E-state index is 0.580. The van der Waals surface area contributed by atoms with Crippen LogP contribution in [0.25, 0.3) is 10.1 Å². The predicted octanol–water partition coefficient (Wildman–Crippen LogP) is 4.81. The van der Waals surface area contributed by atoms with Gasteiger partial charge < -0.3 is 16.0 Å². The zero-order chi connectivity index (χ0) is 20.1. The van der Waals surface area contributed by atoms with Crippen LogP contribution in [0.1, 0.15) is 54.7 Å². The Kier molecular flexibility index (Phi) is 6.32. The van der Waals surface area contributed by atoms with Crippen molar-refractivity contribution >= 4 is 27.3 Å². The maximum absolute atomic E-state index is 6.03. The molecule has 5 nitrogen and oxygen atoms in total. The topological polar surface area (TPSA) is 85.7 Å². The van der Waals surface area contributed by atoms with E-state index in [9.17, 15) is 0 Å². The predicted molar refractivity (Wildman–Crippen MR) is 121 cm³/mol. The molecule has 0 bridgehead atoms. The third kappa shape index (κ3) is 4.71. The number of thiophene rings is 1. The van der Waals surface area contributed by atoms with Crippen LogP contribution in [-0.4, -0.2) is 5.84 Å². The summed E-state index contributed by atoms with van der Waals surface area (Å²) < 4.78 is 7.41. The molecule has 0 radical (unpaired) electrons. The SMILES string of the molecule is N/N=C(/CCc1ccc(OCc2ccc3scc(C4CCCC4)c3c2)cc1)NN. The Bertz CT molecular complexity index is 974. The van der Waals surface area contributed by atoms with Crippen LogP contribution in [0.15, 0.2) is 52.9 Å². The van der Waals surface area contributed by atoms with Crippen molar-refractivity contribution in [2.24, 2.45) is 16.8 Å². The number of hydrazone groups is 1. The van der Waals surface area contributed by atoms with Gasteiger partial charge in [0.15, 0.2) is 0 Å². The van der Waals surface area contributed by atoms with Gasteiger partial charge in [-0.15, -0.1) is 11.3 Å². The molecule has 1 saturated carbocycles. The third-order valence-corrected chi connectivity index (χ3v) is 6.75. The molecule has 2 aromatic carbocycles. The molecule has 0 aliphatic heterocycles. The highest BCUT2D eigenvalue weighted by molar-refractivity contribution is 7.17. The average molecular weight is 409 g/mol. The van der Waals surface area contributed by atoms with Gasteiger partial charge in [0.05, 0.1) is 0 Å². The summed E-state index contributed by atoms with van der Waals surface area (Å²) in [6.45, 7) is 0.580. The first kappa shape index (κ1) is 19.7. The summed E-state index contributed by atoms with van der Waals surface area (Å²) in [6, 6.07) is 14.9. The van der Waals surface area contributed by atoms with E-state index in [0.29, 0.717) is 18.9 Å². The van der Waals surface area contributed by atoms with E-state index >= 15 is 0 Å². The van der Waals surface area contributed by atoms with Crippen molar-refractivity contribution in [2.45, 2.75) is 51.0 Å². The van der Waals surface area contributed by atoms with Gasteiger partial charge in [-0.3, -0.25) is 0 Å². The maximum Gasteiger partial charge on any atom is 0.136 e. The molecule has 1 heterocycles. The number of hydrogen-bond donors (Lipinski definition) is 3. The van der Waals surface area contributed by atoms with Gasteiger partial charge in [0.25, 0.3) is 0 Å². The summed E-state index contributed by atoms with van der Waals surface area (Å²) >= 11 is 1.87. The number of aryl methyl sites for hydroxylation is 1. The fraction of sp³-hybridized carbons (Fsp3) is 0.348. The second-order valence-electron chi connectivity index (χ2n) is 7.66. The van der Waals surface area contributed by atoms with E-state index < -0.39 is 0 Å². The Morgan fingerprint density at radius 2 is 1.86 bits per heavy atom. The van der Waals surface area contributed by atoms with Crippen LogP contribution in [0.2, 0.25) is 0 Å². The molecule has 1 aliphatic carbocycles. The first-order chi connectivity index (χ1) is 14.3. The van der Waals surface area contributed by atoms with Crippen molar-refractivity contribution < 1.29 is 4.74 Å². The van der Waals surface area contributed by atoms with Crippen molar-refractivity contribution in [3.8, 4) is 5.75 Å². The van der Waals surface area contributed by atoms with Gasteiger partial charge in [0, 0.05) is 11.1 Å². The molecule has 152 valence electrons. The number of hydrogen-bond acceptors (Lipinski definition) is 5. The zero-order valence-corrected chi connectivity index (χ0v) is 17.4. The average Bonchev–Trinajstić information content (AvgIpc) is 3.43. The van der Waals surface area contributed by atoms with Crippen molar-refractivity contribution in [2.75, 3.05) is 0 Å². The second kappa shape index (κ2) is 9.29. The highest BCUT2D eigenvalue weighted by atomic mass is 32.1. The molecule has 4 rings (SSSR count). The lowest BCUT2D eigenvalue weighted by Crippen LogP contribution is -2.31. The molecule has 5 N–H and O–H groups in total. The standard InChI is InChI=1S/C23H28N4OS/c24-26-23(27-25)12-8-16-5-9-19(10-6-16)28-14-17-7-11-22-20(13-17)21(15-29-22)18-3-1-2-4-18/h5-7,9-11,13,15,18H,1-4,8,12,14,24-25H2,(H,26,27). The summed E-state index contributed by atoms with van der Waals surface area (Å²) in [7, 11) is 0. The first-order valence-corrected chi connectivity index (χ1v) is 11.1. The minimum Gasteiger partial charge on any atom is -0.489 e. The molecule has 0 spiro atoms. The highest BCUT2D eigenvalue weighted by Crippen LogP contribution is 2.40. The van der Waals surface area contributed by atoms with Crippen LogP contribution in [-0.2, 0) is 13.0 Å². The van der Waals surface area contributed by atoms with Crippen molar-refractivity contribution in [3.63, 3.8) is 0 Å². The van der Waals surface area contributed by atoms with Crippen LogP contribution in [0.5, 0.6) is 5.75 Å². The smallest absolute Gasteiger partial charge is 0.136 e. The Hall–Kier alpha value is -2.57. The largest absolute Gasteiger partial charge is 0.489 e. The lowest BCUT2D eigenvalue weighted by molar-refractivity contribution is 0.306. The Morgan fingerprint density at radius 3 is 2.59 bits per heavy atom. The lowest BCUT2D eigenvalue weighted by Gasteiger charge is -2.10. The quantitative estimate of drug-likeness (QED) is 0.227. The van der Waals surface area contributed by atoms with Gasteiger partial charge >= 0.3 is 0 Å². The van der Waals surface area contributed by atoms with Crippen molar-refractivity contribution in [1.29, 1.82) is 0 Å². The Morgan fingerprint density at radius 1 is 1.10 bits per heavy atom. The minimum absolute atomic E-state index is 0.580. The molecule has 0 unspecified atom stereocenters. The molecule has 3 aromatic rings. The number of rotatable bonds is 7. The third-order valence-electron chi connectivity index (χ3n) is 5.76. The number of ether oxygens (including phenoxy) is 1. The molecule has 6 heteroatoms. The van der Waals surface area contributed by atoms with E-state index in [1.165, 1.54) is 46.9 Å². The second-order valence-corrected chi connectivity index (χ2v) is 8.57. The van der Waals surface area contributed by atoms with Crippen molar-refractivity contribution in [1.82, 2.24) is 5.43 Å². The van der Waals surface area contributed by atoms with Crippen LogP contribution in [0.3, 0.4) is 0 Å². The maximum atomic E-state index is 6.03. The Labute approximate surface area is 175 Å². The number of nitrogens with one attached hydrogen (secondary N) is 1. The number of hydrazine groups is 1. The Balaban J connectivity index is 1.38. The van der Waals surface area contributed by atoms with Crippen molar-refractivity contribution in [3.05, 3.63) is 64.5 Å². The van der Waals surface area contributed by atoms with E-state index in [4.69, 9.17) is 16.4 Å². The molecule has 0 amide bonds. The lowest BCUT2D eigenvalue weighted by atomic mass is 9.96. The van der Waals surface area contributed by atoms with Crippen LogP contribution >= 0.6 is 11.3 Å². The zero-order valence-electron chi connectivity index (χ0n) is 16.6. The molecule has 1 aliphatic rings. The van der Waals surface area contributed by atoms with Gasteiger partial charge in [-0.2, -0.15) is 5.10 Å². The monoisotopic (exact) mass is 408 g/mol. The summed E-state index contributed by atoms with van der Waals surface area (Å²) in [5.74, 6) is 12.8. The fourth-order valence-corrected chi connectivity index (χ4v) is 5.12. The van der Waals surface area contributed by atoms with Gasteiger partial charge in [0.2, 0.25) is 0 Å². The summed E-state index contributed by atoms with van der Waals surface area (Å²) in [6.07, 6.45) is 6.89. The van der Waals surface area contributed by atoms with E-state index in [1.807, 2.05) is 23.5 Å². The van der Waals surface area contributed by atoms with Crippen LogP contribution < -0.4 is 21.8 Å². The number of fused-ring (bicyclic) bond motifs is 1. The number of benzene rings is 2. The molecule has 1 aromatic heterocycles. The van der Waals surface area contributed by atoms with E-state index in [-0.39, 0.29) is 0 Å². The van der Waals surface area contributed by atoms with Crippen LogP contribution in [0, 0.1) is 0 Å². The molecule has 29 heavy (non-hydrogen) atoms. The van der Waals surface area contributed by atoms with Gasteiger partial charge in [0.1, 0.15) is 18.2 Å². The number of amidine groups is 1. The van der Waals surface area contributed by atoms with Crippen LogP contribution in [0.4, 0.5) is 0 Å². The van der Waals surface area contributed by atoms with E-state index in [2.05, 4.69) is 46.2 Å². The first-order valence-electron chi connectivity index (χ1n) is 10.2. The number of nitrogens with two attached hydrogens (primary N) is 2. The molecule has 1 fully saturated rings. The van der Waals surface area contributed by atoms with Gasteiger partial charge in [-0.1, -0.05) is 31.0 Å². The highest BCUT2D eigenvalue weighted by Gasteiger charge is 2.20. The molecule has 0 saturated heterocycles. The summed E-state index contributed by atoms with van der Waals surface area (Å²) in [4.78, 5) is 0. The summed E-state index contributed by atoms with van der Waals surface area (Å²) in [5.41, 5.74) is 6.46. The molecule has 0 atom stereocenters. The van der Waals surface area contributed by atoms with E-state index in [0.717, 1.165) is 18.1 Å².